The molecule has 1 fully saturated rings. The molecule has 0 saturated heterocycles. The molecule has 0 radical (unpaired) electrons. The van der Waals surface area contributed by atoms with Crippen LogP contribution in [0.3, 0.4) is 0 Å². The van der Waals surface area contributed by atoms with Crippen LogP contribution in [0.15, 0.2) is 30.6 Å². The van der Waals surface area contributed by atoms with Gasteiger partial charge in [-0.1, -0.05) is 20.8 Å². The van der Waals surface area contributed by atoms with Crippen LogP contribution in [0, 0.1) is 0 Å². The first-order valence-electron chi connectivity index (χ1n) is 11.8. The number of nitrogens with one attached hydrogen (secondary N) is 1. The highest BCUT2D eigenvalue weighted by Crippen LogP contribution is 2.38. The monoisotopic (exact) mass is 461 g/mol. The van der Waals surface area contributed by atoms with E-state index >= 15 is 0 Å². The summed E-state index contributed by atoms with van der Waals surface area (Å²) in [5.74, 6) is 1.48. The summed E-state index contributed by atoms with van der Waals surface area (Å²) < 4.78 is 11.5. The lowest BCUT2D eigenvalue weighted by atomic mass is 9.79. The van der Waals surface area contributed by atoms with Crippen LogP contribution in [0.4, 0.5) is 11.6 Å². The number of hydrogen-bond donors (Lipinski definition) is 2. The zero-order chi connectivity index (χ0) is 24.3. The van der Waals surface area contributed by atoms with Gasteiger partial charge < -0.3 is 20.5 Å². The van der Waals surface area contributed by atoms with Crippen LogP contribution in [0.2, 0.25) is 0 Å². The summed E-state index contributed by atoms with van der Waals surface area (Å²) in [7, 11) is 0. The molecule has 3 aromatic heterocycles. The molecule has 2 atom stereocenters. The number of hydrogen-bond acceptors (Lipinski definition) is 8. The maximum atomic E-state index is 12.3. The second kappa shape index (κ2) is 7.91. The van der Waals surface area contributed by atoms with Crippen LogP contribution in [-0.4, -0.2) is 33.1 Å². The van der Waals surface area contributed by atoms with Crippen LogP contribution < -0.4 is 15.8 Å². The molecule has 8 heteroatoms. The maximum Gasteiger partial charge on any atom is 0.340 e. The summed E-state index contributed by atoms with van der Waals surface area (Å²) in [5, 5.41) is 5.10. The van der Waals surface area contributed by atoms with E-state index in [4.69, 9.17) is 20.2 Å². The van der Waals surface area contributed by atoms with Gasteiger partial charge in [0.15, 0.2) is 0 Å². The number of carbonyl (C=O) groups excluding carboxylic acids is 1. The number of fused-ring (bicyclic) bond motifs is 2. The Hall–Kier alpha value is -3.26. The largest absolute Gasteiger partial charge is 0.474 e. The van der Waals surface area contributed by atoms with Crippen LogP contribution >= 0.6 is 0 Å². The third kappa shape index (κ3) is 3.86. The standard InChI is InChI=1S/C26H31N5O3/c1-6-26(5,27)19-13-29-23(34-15-7-8-15)18-12-28-21(11-17(18)19)30-20-10-9-16-22(31-20)25(3,4)14(2)33-24(16)32/h9-15H,6-8,27H2,1-5H3,(H,28,30,31)/t14-,26?/m0/s1. The molecule has 34 heavy (non-hydrogen) atoms. The van der Waals surface area contributed by atoms with Crippen LogP contribution in [0.1, 0.15) is 75.5 Å². The Morgan fingerprint density at radius 2 is 1.97 bits per heavy atom. The van der Waals surface area contributed by atoms with Crippen molar-refractivity contribution in [2.24, 2.45) is 5.73 Å². The predicted octanol–water partition coefficient (Wildman–Crippen LogP) is 4.73. The molecule has 2 aliphatic rings. The molecule has 5 rings (SSSR count). The van der Waals surface area contributed by atoms with Gasteiger partial charge in [0.05, 0.1) is 16.6 Å². The number of carbonyl (C=O) groups is 1. The Balaban J connectivity index is 1.55. The van der Waals surface area contributed by atoms with Gasteiger partial charge in [0.25, 0.3) is 0 Å². The molecule has 8 nitrogen and oxygen atoms in total. The van der Waals surface area contributed by atoms with Gasteiger partial charge in [0.1, 0.15) is 23.8 Å². The second-order valence-corrected chi connectivity index (χ2v) is 10.2. The maximum absolute atomic E-state index is 12.3. The molecule has 1 saturated carbocycles. The second-order valence-electron chi connectivity index (χ2n) is 10.2. The lowest BCUT2D eigenvalue weighted by Crippen LogP contribution is -2.42. The third-order valence-corrected chi connectivity index (χ3v) is 7.17. The number of nitrogens with two attached hydrogens (primary N) is 1. The summed E-state index contributed by atoms with van der Waals surface area (Å²) in [6, 6.07) is 5.49. The summed E-state index contributed by atoms with van der Waals surface area (Å²) >= 11 is 0. The average Bonchev–Trinajstić information content (AvgIpc) is 3.62. The van der Waals surface area contributed by atoms with Gasteiger partial charge in [-0.3, -0.25) is 0 Å². The van der Waals surface area contributed by atoms with Crippen molar-refractivity contribution in [1.29, 1.82) is 0 Å². The fourth-order valence-corrected chi connectivity index (χ4v) is 4.14. The van der Waals surface area contributed by atoms with E-state index in [9.17, 15) is 4.79 Å². The first-order valence-corrected chi connectivity index (χ1v) is 11.8. The number of esters is 1. The number of anilines is 2. The predicted molar refractivity (Wildman–Crippen MR) is 130 cm³/mol. The van der Waals surface area contributed by atoms with Gasteiger partial charge >= 0.3 is 5.97 Å². The molecule has 1 aliphatic carbocycles. The fourth-order valence-electron chi connectivity index (χ4n) is 4.14. The lowest BCUT2D eigenvalue weighted by molar-refractivity contribution is 0.00864. The molecular formula is C26H31N5O3. The average molecular weight is 462 g/mol. The van der Waals surface area contributed by atoms with Crippen molar-refractivity contribution in [3.05, 3.63) is 47.4 Å². The molecule has 1 aliphatic heterocycles. The van der Waals surface area contributed by atoms with E-state index < -0.39 is 11.0 Å². The highest BCUT2D eigenvalue weighted by molar-refractivity contribution is 5.93. The smallest absolute Gasteiger partial charge is 0.340 e. The Morgan fingerprint density at radius 1 is 1.21 bits per heavy atom. The summed E-state index contributed by atoms with van der Waals surface area (Å²) in [4.78, 5) is 26.3. The fraction of sp³-hybridized carbons (Fsp3) is 0.462. The third-order valence-electron chi connectivity index (χ3n) is 7.17. The van der Waals surface area contributed by atoms with Gasteiger partial charge in [-0.25, -0.2) is 19.7 Å². The summed E-state index contributed by atoms with van der Waals surface area (Å²) in [6.07, 6.45) is 6.41. The number of rotatable bonds is 6. The van der Waals surface area contributed by atoms with Crippen molar-refractivity contribution < 1.29 is 14.3 Å². The normalized spacial score (nSPS) is 20.9. The van der Waals surface area contributed by atoms with Crippen LogP contribution in [-0.2, 0) is 15.7 Å². The SMILES string of the molecule is CCC(C)(N)c1cnc(OC2CC2)c2cnc(Nc3ccc4c(n3)C(C)(C)[C@H](C)OC4=O)cc12. The molecule has 0 spiro atoms. The minimum Gasteiger partial charge on any atom is -0.474 e. The van der Waals surface area contributed by atoms with Crippen LogP contribution in [0.5, 0.6) is 5.88 Å². The zero-order valence-electron chi connectivity index (χ0n) is 20.3. The molecule has 0 amide bonds. The van der Waals surface area contributed by atoms with E-state index in [2.05, 4.69) is 22.2 Å². The molecule has 1 unspecified atom stereocenters. The van der Waals surface area contributed by atoms with Gasteiger partial charge in [-0.15, -0.1) is 0 Å². The van der Waals surface area contributed by atoms with Crippen LogP contribution in [0.25, 0.3) is 10.8 Å². The molecular weight excluding hydrogens is 430 g/mol. The minimum absolute atomic E-state index is 0.229. The lowest BCUT2D eigenvalue weighted by Gasteiger charge is -2.36. The van der Waals surface area contributed by atoms with E-state index in [0.717, 1.165) is 35.6 Å². The van der Waals surface area contributed by atoms with Crippen molar-refractivity contribution in [2.75, 3.05) is 5.32 Å². The van der Waals surface area contributed by atoms with Gasteiger partial charge in [-0.05, 0) is 62.3 Å². The number of cyclic esters (lactones) is 1. The molecule has 3 aromatic rings. The molecule has 0 aromatic carbocycles. The molecule has 3 N–H and O–H groups in total. The highest BCUT2D eigenvalue weighted by atomic mass is 16.5. The number of pyridine rings is 3. The van der Waals surface area contributed by atoms with E-state index in [1.807, 2.05) is 40.0 Å². The van der Waals surface area contributed by atoms with E-state index in [-0.39, 0.29) is 18.2 Å². The van der Waals surface area contributed by atoms with Crippen molar-refractivity contribution in [1.82, 2.24) is 15.0 Å². The summed E-state index contributed by atoms with van der Waals surface area (Å²) in [6.45, 7) is 10.0. The van der Waals surface area contributed by atoms with Crippen molar-refractivity contribution in [2.45, 2.75) is 77.0 Å². The van der Waals surface area contributed by atoms with Crippen molar-refractivity contribution in [3.8, 4) is 5.88 Å². The first kappa shape index (κ1) is 22.5. The van der Waals surface area contributed by atoms with Gasteiger partial charge in [0.2, 0.25) is 5.88 Å². The van der Waals surface area contributed by atoms with Gasteiger partial charge in [0, 0.05) is 23.3 Å². The van der Waals surface area contributed by atoms with Gasteiger partial charge in [-0.2, -0.15) is 0 Å². The van der Waals surface area contributed by atoms with Crippen molar-refractivity contribution in [3.63, 3.8) is 0 Å². The minimum atomic E-state index is -0.549. The van der Waals surface area contributed by atoms with E-state index in [0.29, 0.717) is 28.8 Å². The first-order chi connectivity index (χ1) is 16.1. The molecule has 178 valence electrons. The quantitative estimate of drug-likeness (QED) is 0.507. The Kier molecular flexibility index (Phi) is 5.24. The molecule has 4 heterocycles. The number of nitrogens with zero attached hydrogens (tertiary/aromatic N) is 3. The number of aromatic nitrogens is 3. The summed E-state index contributed by atoms with van der Waals surface area (Å²) in [5.41, 5.74) is 7.82. The molecule has 0 bridgehead atoms. The highest BCUT2D eigenvalue weighted by Gasteiger charge is 2.41. The number of ether oxygens (including phenoxy) is 2. The Labute approximate surface area is 199 Å². The van der Waals surface area contributed by atoms with Crippen molar-refractivity contribution >= 4 is 28.4 Å². The Bertz CT molecular complexity index is 1280. The van der Waals surface area contributed by atoms with E-state index in [1.165, 1.54) is 0 Å². The Morgan fingerprint density at radius 3 is 2.68 bits per heavy atom. The topological polar surface area (TPSA) is 112 Å². The van der Waals surface area contributed by atoms with E-state index in [1.54, 1.807) is 18.3 Å². The zero-order valence-corrected chi connectivity index (χ0v) is 20.3.